The van der Waals surface area contributed by atoms with Gasteiger partial charge in [0.15, 0.2) is 0 Å². The number of anilines is 2. The van der Waals surface area contributed by atoms with Crippen LogP contribution in [-0.2, 0) is 16.2 Å². The third-order valence-electron chi connectivity index (χ3n) is 5.54. The van der Waals surface area contributed by atoms with E-state index in [0.29, 0.717) is 11.9 Å². The van der Waals surface area contributed by atoms with Crippen LogP contribution in [0.25, 0.3) is 0 Å². The molecule has 4 N–H and O–H groups in total. The molecule has 2 bridgehead atoms. The molecule has 0 amide bonds. The first kappa shape index (κ1) is 20.8. The molecule has 0 aliphatic heterocycles. The molecule has 12 heteroatoms. The van der Waals surface area contributed by atoms with Crippen molar-refractivity contribution in [2.75, 3.05) is 5.32 Å². The topological polar surface area (TPSA) is 127 Å². The lowest BCUT2D eigenvalue weighted by atomic mass is 9.95. The molecule has 4 rings (SSSR count). The van der Waals surface area contributed by atoms with E-state index in [0.717, 1.165) is 19.3 Å². The third-order valence-corrected chi connectivity index (χ3v) is 6.47. The third kappa shape index (κ3) is 4.07. The first-order valence-electron chi connectivity index (χ1n) is 9.21. The van der Waals surface area contributed by atoms with Crippen LogP contribution >= 0.6 is 0 Å². The van der Waals surface area contributed by atoms with Gasteiger partial charge in [0, 0.05) is 11.9 Å². The van der Waals surface area contributed by atoms with Crippen molar-refractivity contribution < 1.29 is 31.4 Å². The Bertz CT molecular complexity index is 1040. The second-order valence-electron chi connectivity index (χ2n) is 7.51. The number of aliphatic hydroxyl groups is 1. The number of aromatic nitrogens is 2. The van der Waals surface area contributed by atoms with Crippen LogP contribution in [0.5, 0.6) is 5.88 Å². The predicted molar refractivity (Wildman–Crippen MR) is 99.4 cm³/mol. The summed E-state index contributed by atoms with van der Waals surface area (Å²) in [6.45, 7) is 0. The lowest BCUT2D eigenvalue weighted by molar-refractivity contribution is -0.140. The number of hydrogen-bond donors (Lipinski definition) is 3. The van der Waals surface area contributed by atoms with Gasteiger partial charge in [0.25, 0.3) is 0 Å². The molecule has 1 aromatic heterocycles. The summed E-state index contributed by atoms with van der Waals surface area (Å²) in [5.41, 5.74) is -0.791. The van der Waals surface area contributed by atoms with Crippen molar-refractivity contribution in [3.63, 3.8) is 0 Å². The molecule has 0 unspecified atom stereocenters. The van der Waals surface area contributed by atoms with Gasteiger partial charge in [-0.3, -0.25) is 0 Å². The molecule has 162 valence electrons. The molecule has 0 spiro atoms. The van der Waals surface area contributed by atoms with Gasteiger partial charge in [-0.2, -0.15) is 18.2 Å². The van der Waals surface area contributed by atoms with Crippen molar-refractivity contribution in [3.05, 3.63) is 36.0 Å². The Labute approximate surface area is 170 Å². The van der Waals surface area contributed by atoms with Gasteiger partial charge in [-0.05, 0) is 55.4 Å². The standard InChI is InChI=1S/C18H19F3N4O4S/c19-18(20,21)13-8-23-17(24-11-3-5-12(6-4-11)30(22,27)28)25-16(13)29-15-10-2-1-9(7-10)14(15)26/h3-6,8-10,14-15,26H,1-2,7H2,(H2,22,27,28)(H,23,24,25)/t9-,10+,14+,15-/m1/s1. The Morgan fingerprint density at radius 2 is 1.83 bits per heavy atom. The number of nitrogens with two attached hydrogens (primary N) is 1. The van der Waals surface area contributed by atoms with Crippen molar-refractivity contribution in [3.8, 4) is 5.88 Å². The lowest BCUT2D eigenvalue weighted by Gasteiger charge is -2.28. The van der Waals surface area contributed by atoms with Crippen LogP contribution in [-0.4, -0.2) is 35.7 Å². The minimum Gasteiger partial charge on any atom is -0.471 e. The van der Waals surface area contributed by atoms with Crippen molar-refractivity contribution in [1.29, 1.82) is 0 Å². The summed E-state index contributed by atoms with van der Waals surface area (Å²) in [5, 5.41) is 18.0. The summed E-state index contributed by atoms with van der Waals surface area (Å²) in [5.74, 6) is -0.800. The van der Waals surface area contributed by atoms with Crippen LogP contribution < -0.4 is 15.2 Å². The van der Waals surface area contributed by atoms with Crippen LogP contribution in [0.1, 0.15) is 24.8 Å². The molecule has 0 saturated heterocycles. The average molecular weight is 444 g/mol. The highest BCUT2D eigenvalue weighted by molar-refractivity contribution is 7.89. The molecule has 30 heavy (non-hydrogen) atoms. The molecule has 2 saturated carbocycles. The van der Waals surface area contributed by atoms with Crippen molar-refractivity contribution in [2.24, 2.45) is 17.0 Å². The summed E-state index contributed by atoms with van der Waals surface area (Å²) >= 11 is 0. The van der Waals surface area contributed by atoms with Crippen molar-refractivity contribution in [2.45, 2.75) is 42.5 Å². The molecule has 2 aliphatic rings. The van der Waals surface area contributed by atoms with E-state index in [4.69, 9.17) is 9.88 Å². The number of primary sulfonamides is 1. The van der Waals surface area contributed by atoms with Gasteiger partial charge in [0.05, 0.1) is 11.0 Å². The van der Waals surface area contributed by atoms with E-state index in [9.17, 15) is 26.7 Å². The van der Waals surface area contributed by atoms with E-state index in [2.05, 4.69) is 15.3 Å². The quantitative estimate of drug-likeness (QED) is 0.646. The number of benzene rings is 1. The van der Waals surface area contributed by atoms with E-state index < -0.39 is 39.9 Å². The van der Waals surface area contributed by atoms with Gasteiger partial charge in [-0.25, -0.2) is 18.5 Å². The molecule has 1 heterocycles. The second kappa shape index (κ2) is 7.36. The summed E-state index contributed by atoms with van der Waals surface area (Å²) in [4.78, 5) is 7.44. The Hall–Kier alpha value is -2.44. The van der Waals surface area contributed by atoms with E-state index in [-0.39, 0.29) is 22.7 Å². The number of fused-ring (bicyclic) bond motifs is 2. The fourth-order valence-electron chi connectivity index (χ4n) is 4.07. The van der Waals surface area contributed by atoms with Crippen molar-refractivity contribution in [1.82, 2.24) is 9.97 Å². The van der Waals surface area contributed by atoms with Gasteiger partial charge in [0.1, 0.15) is 11.7 Å². The van der Waals surface area contributed by atoms with E-state index in [1.165, 1.54) is 24.3 Å². The predicted octanol–water partition coefficient (Wildman–Crippen LogP) is 2.42. The first-order chi connectivity index (χ1) is 14.0. The maximum absolute atomic E-state index is 13.4. The van der Waals surface area contributed by atoms with Crippen LogP contribution in [0, 0.1) is 11.8 Å². The van der Waals surface area contributed by atoms with Gasteiger partial charge in [0.2, 0.25) is 21.9 Å². The highest BCUT2D eigenvalue weighted by Crippen LogP contribution is 2.47. The van der Waals surface area contributed by atoms with Crippen LogP contribution in [0.2, 0.25) is 0 Å². The number of nitrogens with zero attached hydrogens (tertiary/aromatic N) is 2. The molecular weight excluding hydrogens is 425 g/mol. The molecule has 2 aromatic rings. The van der Waals surface area contributed by atoms with Crippen LogP contribution in [0.3, 0.4) is 0 Å². The highest BCUT2D eigenvalue weighted by Gasteiger charge is 2.49. The number of ether oxygens (including phenoxy) is 1. The molecule has 4 atom stereocenters. The van der Waals surface area contributed by atoms with Crippen LogP contribution in [0.15, 0.2) is 35.4 Å². The minimum atomic E-state index is -4.73. The fourth-order valence-corrected chi connectivity index (χ4v) is 4.59. The minimum absolute atomic E-state index is 0.0109. The summed E-state index contributed by atoms with van der Waals surface area (Å²) in [6.07, 6.45) is -3.34. The number of rotatable bonds is 5. The van der Waals surface area contributed by atoms with Crippen molar-refractivity contribution >= 4 is 21.7 Å². The SMILES string of the molecule is NS(=O)(=O)c1ccc(Nc2ncc(C(F)(F)F)c(O[C@@H]3[C@H]4CC[C@H](C4)[C@@H]3O)n2)cc1. The number of aliphatic hydroxyl groups excluding tert-OH is 1. The number of alkyl halides is 3. The highest BCUT2D eigenvalue weighted by atomic mass is 32.2. The lowest BCUT2D eigenvalue weighted by Crippen LogP contribution is -2.37. The maximum atomic E-state index is 13.4. The molecule has 0 radical (unpaired) electrons. The number of hydrogen-bond acceptors (Lipinski definition) is 7. The molecule has 8 nitrogen and oxygen atoms in total. The Kier molecular flexibility index (Phi) is 5.11. The Balaban J connectivity index is 1.60. The molecule has 2 fully saturated rings. The number of nitrogens with one attached hydrogen (secondary N) is 1. The van der Waals surface area contributed by atoms with Gasteiger partial charge >= 0.3 is 6.18 Å². The monoisotopic (exact) mass is 444 g/mol. The Morgan fingerprint density at radius 3 is 2.40 bits per heavy atom. The second-order valence-corrected chi connectivity index (χ2v) is 9.07. The maximum Gasteiger partial charge on any atom is 0.423 e. The summed E-state index contributed by atoms with van der Waals surface area (Å²) in [6, 6.07) is 5.23. The Morgan fingerprint density at radius 1 is 1.17 bits per heavy atom. The molecule has 2 aliphatic carbocycles. The van der Waals surface area contributed by atoms with E-state index in [1.54, 1.807) is 0 Å². The zero-order valence-electron chi connectivity index (χ0n) is 15.5. The van der Waals surface area contributed by atoms with Crippen LogP contribution in [0.4, 0.5) is 24.8 Å². The summed E-state index contributed by atoms with van der Waals surface area (Å²) < 4.78 is 68.4. The molecular formula is C18H19F3N4O4S. The molecule has 1 aromatic carbocycles. The van der Waals surface area contributed by atoms with Gasteiger partial charge < -0.3 is 15.2 Å². The first-order valence-corrected chi connectivity index (χ1v) is 10.8. The van der Waals surface area contributed by atoms with E-state index >= 15 is 0 Å². The number of halogens is 3. The number of sulfonamides is 1. The van der Waals surface area contributed by atoms with E-state index in [1.807, 2.05) is 0 Å². The normalized spacial score (nSPS) is 26.0. The zero-order chi connectivity index (χ0) is 21.7. The van der Waals surface area contributed by atoms with Gasteiger partial charge in [-0.1, -0.05) is 0 Å². The fraction of sp³-hybridized carbons (Fsp3) is 0.444. The summed E-state index contributed by atoms with van der Waals surface area (Å²) in [7, 11) is -3.87. The zero-order valence-corrected chi connectivity index (χ0v) is 16.3. The van der Waals surface area contributed by atoms with Gasteiger partial charge in [-0.15, -0.1) is 0 Å². The average Bonchev–Trinajstić information content (AvgIpc) is 3.24. The smallest absolute Gasteiger partial charge is 0.423 e. The largest absolute Gasteiger partial charge is 0.471 e.